The van der Waals surface area contributed by atoms with Crippen LogP contribution < -0.4 is 5.32 Å². The Labute approximate surface area is 96.0 Å². The van der Waals surface area contributed by atoms with Crippen molar-refractivity contribution in [1.82, 2.24) is 5.32 Å². The van der Waals surface area contributed by atoms with Crippen LogP contribution in [-0.4, -0.2) is 28.2 Å². The molecule has 1 unspecified atom stereocenters. The van der Waals surface area contributed by atoms with Crippen LogP contribution in [0, 0.1) is 0 Å². The van der Waals surface area contributed by atoms with E-state index in [9.17, 15) is 4.79 Å². The summed E-state index contributed by atoms with van der Waals surface area (Å²) in [7, 11) is 0. The van der Waals surface area contributed by atoms with Gasteiger partial charge in [-0.25, -0.2) is 0 Å². The van der Waals surface area contributed by atoms with E-state index in [1.165, 1.54) is 32.1 Å². The van der Waals surface area contributed by atoms with Crippen LogP contribution in [0.4, 0.5) is 0 Å². The first kappa shape index (κ1) is 12.8. The molecule has 0 spiro atoms. The number of nitrogens with one attached hydrogen (secondary N) is 1. The molecule has 0 amide bonds. The third-order valence-corrected chi connectivity index (χ3v) is 4.02. The maximum atomic E-state index is 10.7. The average Bonchev–Trinajstić information content (AvgIpc) is 2.66. The zero-order valence-electron chi connectivity index (χ0n) is 9.37. The zero-order valence-corrected chi connectivity index (χ0v) is 10.2. The lowest BCUT2D eigenvalue weighted by Gasteiger charge is -2.10. The molecule has 2 N–H and O–H groups in total. The predicted octanol–water partition coefficient (Wildman–Crippen LogP) is 2.46. The van der Waals surface area contributed by atoms with Crippen LogP contribution >= 0.6 is 11.8 Å². The van der Waals surface area contributed by atoms with E-state index in [1.54, 1.807) is 11.8 Å². The van der Waals surface area contributed by atoms with Gasteiger partial charge < -0.3 is 5.11 Å². The number of unbranched alkanes of at least 4 members (excludes halogenated alkanes) is 4. The van der Waals surface area contributed by atoms with Crippen molar-refractivity contribution in [2.75, 3.05) is 5.75 Å². The van der Waals surface area contributed by atoms with Crippen molar-refractivity contribution >= 4 is 17.7 Å². The smallest absolute Gasteiger partial charge is 0.321 e. The molecule has 0 bridgehead atoms. The van der Waals surface area contributed by atoms with Crippen LogP contribution in [0.1, 0.15) is 45.4 Å². The number of thioether (sulfide) groups is 1. The summed E-state index contributed by atoms with van der Waals surface area (Å²) in [6.45, 7) is 2.21. The summed E-state index contributed by atoms with van der Waals surface area (Å²) in [5, 5.41) is 12.3. The Morgan fingerprint density at radius 3 is 2.73 bits per heavy atom. The van der Waals surface area contributed by atoms with E-state index >= 15 is 0 Å². The summed E-state index contributed by atoms with van der Waals surface area (Å²) in [6, 6.07) is -0.323. The van der Waals surface area contributed by atoms with Crippen molar-refractivity contribution in [3.8, 4) is 0 Å². The minimum atomic E-state index is -0.712. The lowest BCUT2D eigenvalue weighted by atomic mass is 10.1. The summed E-state index contributed by atoms with van der Waals surface area (Å²) in [4.78, 5) is 10.7. The molecule has 1 heterocycles. The van der Waals surface area contributed by atoms with Crippen LogP contribution in [0.15, 0.2) is 0 Å². The number of carboxylic acids is 1. The van der Waals surface area contributed by atoms with Crippen LogP contribution in [-0.2, 0) is 4.79 Å². The van der Waals surface area contributed by atoms with Crippen LogP contribution in [0.2, 0.25) is 0 Å². The maximum absolute atomic E-state index is 10.7. The Morgan fingerprint density at radius 1 is 1.40 bits per heavy atom. The lowest BCUT2D eigenvalue weighted by Crippen LogP contribution is -2.36. The number of hydrogen-bond donors (Lipinski definition) is 2. The van der Waals surface area contributed by atoms with Gasteiger partial charge in [-0.1, -0.05) is 39.0 Å². The zero-order chi connectivity index (χ0) is 11.1. The Hall–Kier alpha value is -0.220. The third-order valence-electron chi connectivity index (χ3n) is 2.72. The second-order valence-electron chi connectivity index (χ2n) is 4.08. The molecule has 88 valence electrons. The van der Waals surface area contributed by atoms with Crippen molar-refractivity contribution in [1.29, 1.82) is 0 Å². The molecular weight excluding hydrogens is 210 g/mol. The summed E-state index contributed by atoms with van der Waals surface area (Å²) < 4.78 is 0. The van der Waals surface area contributed by atoms with E-state index in [1.807, 2.05) is 0 Å². The first-order valence-electron chi connectivity index (χ1n) is 5.84. The Kier molecular flexibility index (Phi) is 6.10. The number of rotatable bonds is 7. The molecule has 0 aromatic rings. The topological polar surface area (TPSA) is 49.3 Å². The van der Waals surface area contributed by atoms with Gasteiger partial charge in [0.05, 0.1) is 5.37 Å². The molecule has 0 aromatic carbocycles. The summed E-state index contributed by atoms with van der Waals surface area (Å²) in [5.74, 6) is 0.00517. The Bertz CT molecular complexity index is 199. The van der Waals surface area contributed by atoms with Gasteiger partial charge in [-0.05, 0) is 6.42 Å². The highest BCUT2D eigenvalue weighted by atomic mass is 32.2. The molecule has 15 heavy (non-hydrogen) atoms. The van der Waals surface area contributed by atoms with Crippen molar-refractivity contribution in [3.05, 3.63) is 0 Å². The number of aliphatic carboxylic acids is 1. The van der Waals surface area contributed by atoms with Gasteiger partial charge in [0.2, 0.25) is 0 Å². The quantitative estimate of drug-likeness (QED) is 0.661. The predicted molar refractivity (Wildman–Crippen MR) is 64.2 cm³/mol. The van der Waals surface area contributed by atoms with Gasteiger partial charge in [0, 0.05) is 5.75 Å². The van der Waals surface area contributed by atoms with Gasteiger partial charge >= 0.3 is 5.97 Å². The Balaban J connectivity index is 2.01. The molecule has 1 aliphatic heterocycles. The van der Waals surface area contributed by atoms with E-state index in [4.69, 9.17) is 5.11 Å². The van der Waals surface area contributed by atoms with E-state index in [2.05, 4.69) is 12.2 Å². The van der Waals surface area contributed by atoms with Gasteiger partial charge in [0.15, 0.2) is 0 Å². The van der Waals surface area contributed by atoms with Crippen LogP contribution in [0.3, 0.4) is 0 Å². The fourth-order valence-corrected chi connectivity index (χ4v) is 3.03. The molecule has 0 aromatic heterocycles. The molecule has 0 saturated carbocycles. The van der Waals surface area contributed by atoms with Gasteiger partial charge in [-0.15, -0.1) is 11.8 Å². The molecule has 1 aliphatic rings. The second kappa shape index (κ2) is 7.12. The molecule has 4 heteroatoms. The minimum absolute atomic E-state index is 0.323. The fourth-order valence-electron chi connectivity index (χ4n) is 1.78. The third kappa shape index (κ3) is 4.89. The lowest BCUT2D eigenvalue weighted by molar-refractivity contribution is -0.138. The molecule has 1 rings (SSSR count). The van der Waals surface area contributed by atoms with Crippen molar-refractivity contribution in [2.24, 2.45) is 0 Å². The normalized spacial score (nSPS) is 25.7. The van der Waals surface area contributed by atoms with Crippen LogP contribution in [0.5, 0.6) is 0 Å². The molecule has 0 aliphatic carbocycles. The SMILES string of the molecule is CCCCCCCC1N[C@@H](C(=O)O)CS1. The van der Waals surface area contributed by atoms with Gasteiger partial charge in [0.1, 0.15) is 6.04 Å². The molecular formula is C11H21NO2S. The van der Waals surface area contributed by atoms with Crippen LogP contribution in [0.25, 0.3) is 0 Å². The molecule has 3 nitrogen and oxygen atoms in total. The highest BCUT2D eigenvalue weighted by Crippen LogP contribution is 2.23. The van der Waals surface area contributed by atoms with E-state index in [0.717, 1.165) is 12.2 Å². The highest BCUT2D eigenvalue weighted by molar-refractivity contribution is 8.00. The highest BCUT2D eigenvalue weighted by Gasteiger charge is 2.28. The first-order chi connectivity index (χ1) is 7.24. The molecule has 1 saturated heterocycles. The van der Waals surface area contributed by atoms with Gasteiger partial charge in [-0.2, -0.15) is 0 Å². The first-order valence-corrected chi connectivity index (χ1v) is 6.89. The molecule has 1 fully saturated rings. The molecule has 0 radical (unpaired) electrons. The monoisotopic (exact) mass is 231 g/mol. The Morgan fingerprint density at radius 2 is 2.13 bits per heavy atom. The largest absolute Gasteiger partial charge is 0.480 e. The number of carbonyl (C=O) groups is 1. The van der Waals surface area contributed by atoms with E-state index < -0.39 is 5.97 Å². The second-order valence-corrected chi connectivity index (χ2v) is 5.32. The number of carboxylic acid groups (broad SMARTS) is 1. The minimum Gasteiger partial charge on any atom is -0.480 e. The summed E-state index contributed by atoms with van der Waals surface area (Å²) >= 11 is 1.75. The van der Waals surface area contributed by atoms with E-state index in [-0.39, 0.29) is 6.04 Å². The maximum Gasteiger partial charge on any atom is 0.321 e. The molecule has 2 atom stereocenters. The van der Waals surface area contributed by atoms with Crippen molar-refractivity contribution < 1.29 is 9.90 Å². The fraction of sp³-hybridized carbons (Fsp3) is 0.909. The van der Waals surface area contributed by atoms with Gasteiger partial charge in [0.25, 0.3) is 0 Å². The summed E-state index contributed by atoms with van der Waals surface area (Å²) in [5.41, 5.74) is 0. The van der Waals surface area contributed by atoms with Crippen molar-refractivity contribution in [3.63, 3.8) is 0 Å². The summed E-state index contributed by atoms with van der Waals surface area (Å²) in [6.07, 6.45) is 7.52. The van der Waals surface area contributed by atoms with Gasteiger partial charge in [-0.3, -0.25) is 10.1 Å². The van der Waals surface area contributed by atoms with E-state index in [0.29, 0.717) is 5.37 Å². The number of hydrogen-bond acceptors (Lipinski definition) is 3. The van der Waals surface area contributed by atoms with Crippen molar-refractivity contribution in [2.45, 2.75) is 56.9 Å². The standard InChI is InChI=1S/C11H21NO2S/c1-2-3-4-5-6-7-10-12-9(8-15-10)11(13)14/h9-10,12H,2-8H2,1H3,(H,13,14)/t9-,10?/m1/s1. The average molecular weight is 231 g/mol.